The van der Waals surface area contributed by atoms with Gasteiger partial charge in [-0.2, -0.15) is 0 Å². The van der Waals surface area contributed by atoms with E-state index in [0.29, 0.717) is 17.9 Å². The molecule has 0 aromatic carbocycles. The monoisotopic (exact) mass is 248 g/mol. The molecule has 0 saturated carbocycles. The van der Waals surface area contributed by atoms with Gasteiger partial charge in [-0.3, -0.25) is 4.79 Å². The van der Waals surface area contributed by atoms with Crippen LogP contribution < -0.4 is 5.32 Å². The van der Waals surface area contributed by atoms with Gasteiger partial charge in [-0.1, -0.05) is 20.8 Å². The highest BCUT2D eigenvalue weighted by Crippen LogP contribution is 2.25. The van der Waals surface area contributed by atoms with Crippen LogP contribution in [-0.2, 0) is 4.79 Å². The quantitative estimate of drug-likeness (QED) is 0.825. The zero-order valence-corrected chi connectivity index (χ0v) is 11.6. The number of nitrogens with one attached hydrogen (secondary N) is 1. The van der Waals surface area contributed by atoms with Gasteiger partial charge in [0.15, 0.2) is 0 Å². The molecule has 1 fully saturated rings. The molecule has 0 aromatic rings. The van der Waals surface area contributed by atoms with Crippen molar-refractivity contribution >= 4 is 18.3 Å². The first-order valence-corrected chi connectivity index (χ1v) is 6.03. The van der Waals surface area contributed by atoms with Gasteiger partial charge in [0, 0.05) is 25.0 Å². The first-order chi connectivity index (χ1) is 7.07. The van der Waals surface area contributed by atoms with Crippen LogP contribution in [0.15, 0.2) is 0 Å². The van der Waals surface area contributed by atoms with Crippen molar-refractivity contribution in [2.45, 2.75) is 39.7 Å². The van der Waals surface area contributed by atoms with Gasteiger partial charge in [-0.25, -0.2) is 0 Å². The first-order valence-electron chi connectivity index (χ1n) is 6.03. The maximum atomic E-state index is 12.1. The lowest BCUT2D eigenvalue weighted by Gasteiger charge is -2.30. The number of rotatable bonds is 4. The Kier molecular flexibility index (Phi) is 7.00. The van der Waals surface area contributed by atoms with Crippen molar-refractivity contribution in [1.29, 1.82) is 0 Å². The minimum absolute atomic E-state index is 0. The van der Waals surface area contributed by atoms with E-state index < -0.39 is 0 Å². The lowest BCUT2D eigenvalue weighted by atomic mass is 10.0. The predicted molar refractivity (Wildman–Crippen MR) is 69.9 cm³/mol. The number of carbonyl (C=O) groups is 1. The normalized spacial score (nSPS) is 22.1. The Morgan fingerprint density at radius 1 is 1.44 bits per heavy atom. The Bertz CT molecular complexity index is 221. The molecule has 4 heteroatoms. The van der Waals surface area contributed by atoms with Gasteiger partial charge in [-0.15, -0.1) is 12.4 Å². The fourth-order valence-electron chi connectivity index (χ4n) is 2.44. The highest BCUT2D eigenvalue weighted by Gasteiger charge is 2.32. The molecule has 1 rings (SSSR count). The molecule has 0 bridgehead atoms. The number of amides is 1. The second-order valence-electron chi connectivity index (χ2n) is 4.94. The van der Waals surface area contributed by atoms with Crippen molar-refractivity contribution < 1.29 is 4.79 Å². The van der Waals surface area contributed by atoms with Gasteiger partial charge in [0.25, 0.3) is 0 Å². The Morgan fingerprint density at radius 3 is 2.56 bits per heavy atom. The number of halogens is 1. The lowest BCUT2D eigenvalue weighted by molar-refractivity contribution is -0.136. The average Bonchev–Trinajstić information content (AvgIpc) is 2.65. The van der Waals surface area contributed by atoms with Crippen molar-refractivity contribution in [3.8, 4) is 0 Å². The molecule has 96 valence electrons. The minimum Gasteiger partial charge on any atom is -0.339 e. The summed E-state index contributed by atoms with van der Waals surface area (Å²) in [6.45, 7) is 8.16. The summed E-state index contributed by atoms with van der Waals surface area (Å²) in [6.07, 6.45) is 2.34. The molecule has 16 heavy (non-hydrogen) atoms. The van der Waals surface area contributed by atoms with Gasteiger partial charge >= 0.3 is 0 Å². The third kappa shape index (κ3) is 3.63. The minimum atomic E-state index is 0. The van der Waals surface area contributed by atoms with Gasteiger partial charge in [0.1, 0.15) is 0 Å². The van der Waals surface area contributed by atoms with Crippen LogP contribution in [0.25, 0.3) is 0 Å². The predicted octanol–water partition coefficient (Wildman–Crippen LogP) is 1.91. The van der Waals surface area contributed by atoms with Crippen molar-refractivity contribution in [2.75, 3.05) is 20.1 Å². The molecule has 1 heterocycles. The van der Waals surface area contributed by atoms with E-state index in [1.165, 1.54) is 12.8 Å². The smallest absolute Gasteiger partial charge is 0.226 e. The van der Waals surface area contributed by atoms with E-state index in [9.17, 15) is 4.79 Å². The first kappa shape index (κ1) is 15.7. The van der Waals surface area contributed by atoms with Crippen LogP contribution in [0, 0.1) is 11.8 Å². The zero-order valence-electron chi connectivity index (χ0n) is 10.8. The third-order valence-corrected chi connectivity index (χ3v) is 3.28. The molecule has 0 spiro atoms. The van der Waals surface area contributed by atoms with E-state index in [1.807, 2.05) is 14.0 Å². The van der Waals surface area contributed by atoms with Crippen LogP contribution >= 0.6 is 12.4 Å². The Labute approximate surface area is 105 Å². The SMILES string of the molecule is CNCC(C)C(=O)N1CCCC1C(C)C.Cl. The van der Waals surface area contributed by atoms with Crippen molar-refractivity contribution in [2.24, 2.45) is 11.8 Å². The number of hydrogen-bond donors (Lipinski definition) is 1. The number of nitrogens with zero attached hydrogens (tertiary/aromatic N) is 1. The fourth-order valence-corrected chi connectivity index (χ4v) is 2.44. The van der Waals surface area contributed by atoms with Gasteiger partial charge in [0.2, 0.25) is 5.91 Å². The van der Waals surface area contributed by atoms with E-state index in [4.69, 9.17) is 0 Å². The summed E-state index contributed by atoms with van der Waals surface area (Å²) in [5, 5.41) is 3.07. The topological polar surface area (TPSA) is 32.3 Å². The van der Waals surface area contributed by atoms with Gasteiger partial charge in [-0.05, 0) is 25.8 Å². The molecule has 0 aliphatic carbocycles. The van der Waals surface area contributed by atoms with Crippen LogP contribution in [0.5, 0.6) is 0 Å². The van der Waals surface area contributed by atoms with Crippen LogP contribution in [0.1, 0.15) is 33.6 Å². The van der Waals surface area contributed by atoms with Gasteiger partial charge < -0.3 is 10.2 Å². The van der Waals surface area contributed by atoms with E-state index in [-0.39, 0.29) is 18.3 Å². The summed E-state index contributed by atoms with van der Waals surface area (Å²) in [4.78, 5) is 14.2. The van der Waals surface area contributed by atoms with Gasteiger partial charge in [0.05, 0.1) is 0 Å². The highest BCUT2D eigenvalue weighted by atomic mass is 35.5. The third-order valence-electron chi connectivity index (χ3n) is 3.28. The second kappa shape index (κ2) is 7.13. The number of hydrogen-bond acceptors (Lipinski definition) is 2. The average molecular weight is 249 g/mol. The highest BCUT2D eigenvalue weighted by molar-refractivity contribution is 5.85. The summed E-state index contributed by atoms with van der Waals surface area (Å²) < 4.78 is 0. The van der Waals surface area contributed by atoms with Crippen LogP contribution in [0.2, 0.25) is 0 Å². The van der Waals surface area contributed by atoms with Crippen LogP contribution in [0.4, 0.5) is 0 Å². The van der Waals surface area contributed by atoms with E-state index in [0.717, 1.165) is 13.1 Å². The summed E-state index contributed by atoms with van der Waals surface area (Å²) in [5.74, 6) is 1.01. The molecule has 2 atom stereocenters. The molecule has 1 aliphatic heterocycles. The summed E-state index contributed by atoms with van der Waals surface area (Å²) in [6, 6.07) is 0.469. The second-order valence-corrected chi connectivity index (χ2v) is 4.94. The largest absolute Gasteiger partial charge is 0.339 e. The number of likely N-dealkylation sites (tertiary alicyclic amines) is 1. The molecule has 1 N–H and O–H groups in total. The fraction of sp³-hybridized carbons (Fsp3) is 0.917. The molecular formula is C12H25ClN2O. The maximum absolute atomic E-state index is 12.1. The standard InChI is InChI=1S/C12H24N2O.ClH/c1-9(2)11-6-5-7-14(11)12(15)10(3)8-13-4;/h9-11,13H,5-8H2,1-4H3;1H. The van der Waals surface area contributed by atoms with Crippen molar-refractivity contribution in [1.82, 2.24) is 10.2 Å². The molecule has 1 saturated heterocycles. The van der Waals surface area contributed by atoms with E-state index in [1.54, 1.807) is 0 Å². The lowest BCUT2D eigenvalue weighted by Crippen LogP contribution is -2.43. The van der Waals surface area contributed by atoms with Crippen LogP contribution in [-0.4, -0.2) is 37.0 Å². The maximum Gasteiger partial charge on any atom is 0.226 e. The molecule has 0 aromatic heterocycles. The van der Waals surface area contributed by atoms with Crippen LogP contribution in [0.3, 0.4) is 0 Å². The van der Waals surface area contributed by atoms with Crippen molar-refractivity contribution in [3.05, 3.63) is 0 Å². The zero-order chi connectivity index (χ0) is 11.4. The van der Waals surface area contributed by atoms with Crippen molar-refractivity contribution in [3.63, 3.8) is 0 Å². The van der Waals surface area contributed by atoms with E-state index >= 15 is 0 Å². The Morgan fingerprint density at radius 2 is 2.06 bits per heavy atom. The summed E-state index contributed by atoms with van der Waals surface area (Å²) in [5.41, 5.74) is 0. The number of carbonyl (C=O) groups excluding carboxylic acids is 1. The van der Waals surface area contributed by atoms with E-state index in [2.05, 4.69) is 24.1 Å². The molecule has 1 aliphatic rings. The molecule has 3 nitrogen and oxygen atoms in total. The molecular weight excluding hydrogens is 224 g/mol. The molecule has 0 radical (unpaired) electrons. The Balaban J connectivity index is 0.00000225. The Hall–Kier alpha value is -0.280. The molecule has 2 unspecified atom stereocenters. The molecule has 1 amide bonds. The summed E-state index contributed by atoms with van der Waals surface area (Å²) in [7, 11) is 1.90. The summed E-state index contributed by atoms with van der Waals surface area (Å²) >= 11 is 0.